The van der Waals surface area contributed by atoms with Crippen LogP contribution in [0.25, 0.3) is 10.9 Å². The van der Waals surface area contributed by atoms with Crippen molar-refractivity contribution >= 4 is 16.7 Å². The third-order valence-corrected chi connectivity index (χ3v) is 4.62. The zero-order valence-corrected chi connectivity index (χ0v) is 12.6. The predicted molar refractivity (Wildman–Crippen MR) is 86.3 cm³/mol. The van der Waals surface area contributed by atoms with Crippen LogP contribution in [0.1, 0.15) is 50.5 Å². The summed E-state index contributed by atoms with van der Waals surface area (Å²) in [5.74, 6) is 1.01. The van der Waals surface area contributed by atoms with Gasteiger partial charge in [0.2, 0.25) is 0 Å². The zero-order chi connectivity index (χ0) is 14.5. The van der Waals surface area contributed by atoms with Crippen LogP contribution in [0.5, 0.6) is 0 Å². The van der Waals surface area contributed by atoms with Crippen molar-refractivity contribution in [3.8, 4) is 0 Å². The predicted octanol–water partition coefficient (Wildman–Crippen LogP) is 4.71. The Balaban J connectivity index is 1.68. The Kier molecular flexibility index (Phi) is 4.64. The first-order valence-electron chi connectivity index (χ1n) is 8.17. The summed E-state index contributed by atoms with van der Waals surface area (Å²) in [7, 11) is 0. The van der Waals surface area contributed by atoms with Gasteiger partial charge in [-0.15, -0.1) is 0 Å². The molecule has 21 heavy (non-hydrogen) atoms. The molecular formula is C19H23NO. The molecule has 0 saturated heterocycles. The van der Waals surface area contributed by atoms with Crippen molar-refractivity contribution in [3.05, 3.63) is 42.1 Å². The Morgan fingerprint density at radius 3 is 2.62 bits per heavy atom. The van der Waals surface area contributed by atoms with Crippen molar-refractivity contribution in [2.45, 2.75) is 51.4 Å². The highest BCUT2D eigenvalue weighted by Gasteiger charge is 2.16. The monoisotopic (exact) mass is 281 g/mol. The van der Waals surface area contributed by atoms with E-state index in [1.165, 1.54) is 38.5 Å². The molecular weight excluding hydrogens is 258 g/mol. The smallest absolute Gasteiger partial charge is 0.137 e. The van der Waals surface area contributed by atoms with E-state index in [0.29, 0.717) is 18.1 Å². The Morgan fingerprint density at radius 2 is 1.81 bits per heavy atom. The molecule has 0 bridgehead atoms. The van der Waals surface area contributed by atoms with Gasteiger partial charge in [0.15, 0.2) is 0 Å². The number of rotatable bonds is 4. The summed E-state index contributed by atoms with van der Waals surface area (Å²) in [5.41, 5.74) is 2.11. The Bertz CT molecular complexity index is 606. The molecule has 1 aromatic heterocycles. The number of pyridine rings is 1. The van der Waals surface area contributed by atoms with E-state index in [1.54, 1.807) is 0 Å². The van der Waals surface area contributed by atoms with E-state index >= 15 is 0 Å². The highest BCUT2D eigenvalue weighted by Crippen LogP contribution is 2.26. The second kappa shape index (κ2) is 6.84. The van der Waals surface area contributed by atoms with Crippen molar-refractivity contribution in [2.75, 3.05) is 0 Å². The lowest BCUT2D eigenvalue weighted by Crippen LogP contribution is -2.10. The van der Waals surface area contributed by atoms with E-state index in [9.17, 15) is 4.79 Å². The van der Waals surface area contributed by atoms with Crippen LogP contribution < -0.4 is 0 Å². The Morgan fingerprint density at radius 1 is 1.05 bits per heavy atom. The molecule has 1 heterocycles. The summed E-state index contributed by atoms with van der Waals surface area (Å²) in [6.45, 7) is 0. The van der Waals surface area contributed by atoms with Crippen molar-refractivity contribution in [3.63, 3.8) is 0 Å². The second-order valence-corrected chi connectivity index (χ2v) is 6.26. The molecule has 1 fully saturated rings. The summed E-state index contributed by atoms with van der Waals surface area (Å²) in [5, 5.41) is 1.12. The fraction of sp³-hybridized carbons (Fsp3) is 0.474. The van der Waals surface area contributed by atoms with Crippen LogP contribution >= 0.6 is 0 Å². The number of carbonyl (C=O) groups is 1. The van der Waals surface area contributed by atoms with E-state index in [4.69, 9.17) is 0 Å². The van der Waals surface area contributed by atoms with Crippen LogP contribution in [0.15, 0.2) is 36.5 Å². The lowest BCUT2D eigenvalue weighted by Gasteiger charge is -2.13. The van der Waals surface area contributed by atoms with Gasteiger partial charge < -0.3 is 0 Å². The van der Waals surface area contributed by atoms with Gasteiger partial charge >= 0.3 is 0 Å². The van der Waals surface area contributed by atoms with Gasteiger partial charge in [0.05, 0.1) is 5.52 Å². The molecule has 0 atom stereocenters. The fourth-order valence-corrected chi connectivity index (χ4v) is 3.48. The molecule has 1 saturated carbocycles. The molecule has 0 radical (unpaired) electrons. The van der Waals surface area contributed by atoms with E-state index in [1.807, 2.05) is 30.5 Å². The second-order valence-electron chi connectivity index (χ2n) is 6.26. The van der Waals surface area contributed by atoms with Gasteiger partial charge in [0.1, 0.15) is 5.78 Å². The van der Waals surface area contributed by atoms with E-state index < -0.39 is 0 Å². The van der Waals surface area contributed by atoms with E-state index in [-0.39, 0.29) is 0 Å². The number of hydrogen-bond donors (Lipinski definition) is 0. The van der Waals surface area contributed by atoms with Crippen molar-refractivity contribution in [1.82, 2.24) is 4.98 Å². The number of Topliss-reactive ketones (excluding diaryl/α,β-unsaturated/α-hetero) is 1. The van der Waals surface area contributed by atoms with Crippen LogP contribution in [-0.4, -0.2) is 10.8 Å². The van der Waals surface area contributed by atoms with Crippen LogP contribution in [-0.2, 0) is 11.2 Å². The number of ketones is 1. The van der Waals surface area contributed by atoms with Gasteiger partial charge in [-0.3, -0.25) is 9.78 Å². The first kappa shape index (κ1) is 14.2. The van der Waals surface area contributed by atoms with Crippen LogP contribution in [0.3, 0.4) is 0 Å². The standard InChI is InChI=1S/C19H23NO/c21-17(13-15-7-3-1-2-4-8-15)14-16-11-12-20-19-10-6-5-9-18(16)19/h5-6,9-12,15H,1-4,7-8,13-14H2. The Labute approximate surface area is 126 Å². The molecule has 0 spiro atoms. The summed E-state index contributed by atoms with van der Waals surface area (Å²) in [4.78, 5) is 16.8. The van der Waals surface area contributed by atoms with Crippen LogP contribution in [0.4, 0.5) is 0 Å². The van der Waals surface area contributed by atoms with Crippen LogP contribution in [0.2, 0.25) is 0 Å². The molecule has 1 aromatic carbocycles. The molecule has 1 aliphatic carbocycles. The first-order valence-corrected chi connectivity index (χ1v) is 8.17. The number of para-hydroxylation sites is 1. The lowest BCUT2D eigenvalue weighted by molar-refractivity contribution is -0.119. The zero-order valence-electron chi connectivity index (χ0n) is 12.6. The average Bonchev–Trinajstić information content (AvgIpc) is 2.76. The molecule has 110 valence electrons. The van der Waals surface area contributed by atoms with Crippen molar-refractivity contribution in [2.24, 2.45) is 5.92 Å². The number of aromatic nitrogens is 1. The molecule has 2 heteroatoms. The van der Waals surface area contributed by atoms with Gasteiger partial charge in [-0.1, -0.05) is 56.7 Å². The largest absolute Gasteiger partial charge is 0.299 e. The molecule has 1 aliphatic rings. The van der Waals surface area contributed by atoms with Gasteiger partial charge in [-0.05, 0) is 23.6 Å². The normalized spacial score (nSPS) is 16.8. The van der Waals surface area contributed by atoms with E-state index in [2.05, 4.69) is 11.1 Å². The van der Waals surface area contributed by atoms with E-state index in [0.717, 1.165) is 22.9 Å². The third-order valence-electron chi connectivity index (χ3n) is 4.62. The topological polar surface area (TPSA) is 30.0 Å². The van der Waals surface area contributed by atoms with Gasteiger partial charge in [0.25, 0.3) is 0 Å². The van der Waals surface area contributed by atoms with Crippen LogP contribution in [0, 0.1) is 5.92 Å². The number of fused-ring (bicyclic) bond motifs is 1. The fourth-order valence-electron chi connectivity index (χ4n) is 3.48. The summed E-state index contributed by atoms with van der Waals surface area (Å²) in [6.07, 6.45) is 10.9. The van der Waals surface area contributed by atoms with Gasteiger partial charge in [0, 0.05) is 24.4 Å². The quantitative estimate of drug-likeness (QED) is 0.760. The molecule has 0 aliphatic heterocycles. The minimum Gasteiger partial charge on any atom is -0.299 e. The SMILES string of the molecule is O=C(Cc1ccnc2ccccc12)CC1CCCCCC1. The van der Waals surface area contributed by atoms with Gasteiger partial charge in [-0.2, -0.15) is 0 Å². The minimum atomic E-state index is 0.387. The molecule has 0 unspecified atom stereocenters. The molecule has 3 rings (SSSR count). The number of benzene rings is 1. The summed E-state index contributed by atoms with van der Waals surface area (Å²) < 4.78 is 0. The maximum atomic E-state index is 12.4. The minimum absolute atomic E-state index is 0.387. The molecule has 0 N–H and O–H groups in total. The lowest BCUT2D eigenvalue weighted by atomic mass is 9.92. The van der Waals surface area contributed by atoms with Crippen molar-refractivity contribution in [1.29, 1.82) is 0 Å². The molecule has 0 amide bonds. The summed E-state index contributed by atoms with van der Waals surface area (Å²) >= 11 is 0. The van der Waals surface area contributed by atoms with Crippen molar-refractivity contribution < 1.29 is 4.79 Å². The summed E-state index contributed by atoms with van der Waals surface area (Å²) in [6, 6.07) is 10.1. The first-order chi connectivity index (χ1) is 10.3. The number of hydrogen-bond acceptors (Lipinski definition) is 2. The Hall–Kier alpha value is -1.70. The number of nitrogens with zero attached hydrogens (tertiary/aromatic N) is 1. The highest BCUT2D eigenvalue weighted by atomic mass is 16.1. The maximum Gasteiger partial charge on any atom is 0.137 e. The van der Waals surface area contributed by atoms with Gasteiger partial charge in [-0.25, -0.2) is 0 Å². The maximum absolute atomic E-state index is 12.4. The molecule has 2 nitrogen and oxygen atoms in total. The molecule has 2 aromatic rings. The average molecular weight is 281 g/mol. The third kappa shape index (κ3) is 3.69. The number of carbonyl (C=O) groups excluding carboxylic acids is 1. The highest BCUT2D eigenvalue weighted by molar-refractivity contribution is 5.88.